The van der Waals surface area contributed by atoms with E-state index in [2.05, 4.69) is 10.3 Å². The van der Waals surface area contributed by atoms with Crippen molar-refractivity contribution >= 4 is 17.2 Å². The van der Waals surface area contributed by atoms with Gasteiger partial charge in [-0.1, -0.05) is 44.2 Å². The van der Waals surface area contributed by atoms with E-state index < -0.39 is 0 Å². The summed E-state index contributed by atoms with van der Waals surface area (Å²) in [6.07, 6.45) is 2.17. The molecule has 112 valence electrons. The second-order valence-electron chi connectivity index (χ2n) is 5.23. The molecule has 0 bridgehead atoms. The summed E-state index contributed by atoms with van der Waals surface area (Å²) >= 11 is 1.38. The molecule has 0 saturated heterocycles. The number of carbonyl (C=O) groups excluding carboxylic acids is 1. The summed E-state index contributed by atoms with van der Waals surface area (Å²) in [7, 11) is 0. The van der Waals surface area contributed by atoms with E-state index >= 15 is 0 Å². The SMILES string of the molecule is CC(C)C(CCO)NC(=O)c1cnc(-c2ccccc2)s1. The van der Waals surface area contributed by atoms with Crippen LogP contribution in [0.4, 0.5) is 0 Å². The van der Waals surface area contributed by atoms with Crippen molar-refractivity contribution in [1.29, 1.82) is 0 Å². The summed E-state index contributed by atoms with van der Waals surface area (Å²) in [5.74, 6) is 0.157. The van der Waals surface area contributed by atoms with Crippen molar-refractivity contribution in [3.63, 3.8) is 0 Å². The number of thiazole rings is 1. The Hall–Kier alpha value is -1.72. The Morgan fingerprint density at radius 3 is 2.67 bits per heavy atom. The van der Waals surface area contributed by atoms with Crippen molar-refractivity contribution in [1.82, 2.24) is 10.3 Å². The third-order valence-electron chi connectivity index (χ3n) is 3.31. The minimum Gasteiger partial charge on any atom is -0.396 e. The van der Waals surface area contributed by atoms with Crippen LogP contribution in [0.2, 0.25) is 0 Å². The molecule has 0 aliphatic heterocycles. The van der Waals surface area contributed by atoms with Crippen LogP contribution in [0.3, 0.4) is 0 Å². The number of nitrogens with zero attached hydrogens (tertiary/aromatic N) is 1. The smallest absolute Gasteiger partial charge is 0.263 e. The quantitative estimate of drug-likeness (QED) is 0.862. The molecule has 2 rings (SSSR count). The first-order chi connectivity index (χ1) is 10.1. The van der Waals surface area contributed by atoms with Gasteiger partial charge in [-0.15, -0.1) is 11.3 Å². The minimum absolute atomic E-state index is 0.0234. The van der Waals surface area contributed by atoms with Crippen LogP contribution in [-0.2, 0) is 0 Å². The van der Waals surface area contributed by atoms with Crippen LogP contribution in [0.1, 0.15) is 29.9 Å². The summed E-state index contributed by atoms with van der Waals surface area (Å²) < 4.78 is 0. The molecule has 0 aliphatic carbocycles. The molecule has 1 heterocycles. The van der Waals surface area contributed by atoms with Crippen molar-refractivity contribution in [3.05, 3.63) is 41.4 Å². The van der Waals surface area contributed by atoms with Crippen LogP contribution in [-0.4, -0.2) is 28.6 Å². The molecule has 0 saturated carbocycles. The predicted molar refractivity (Wildman–Crippen MR) is 85.3 cm³/mol. The third-order valence-corrected chi connectivity index (χ3v) is 4.36. The van der Waals surface area contributed by atoms with Gasteiger partial charge in [0.05, 0.1) is 6.20 Å². The first-order valence-electron chi connectivity index (χ1n) is 7.04. The molecule has 0 fully saturated rings. The van der Waals surface area contributed by atoms with Crippen molar-refractivity contribution in [2.24, 2.45) is 5.92 Å². The highest BCUT2D eigenvalue weighted by Crippen LogP contribution is 2.25. The third kappa shape index (κ3) is 4.12. The number of hydrogen-bond donors (Lipinski definition) is 2. The first kappa shape index (κ1) is 15.7. The zero-order valence-corrected chi connectivity index (χ0v) is 13.1. The highest BCUT2D eigenvalue weighted by molar-refractivity contribution is 7.16. The van der Waals surface area contributed by atoms with Gasteiger partial charge in [0.25, 0.3) is 5.91 Å². The van der Waals surface area contributed by atoms with Gasteiger partial charge >= 0.3 is 0 Å². The van der Waals surface area contributed by atoms with Crippen LogP contribution < -0.4 is 5.32 Å². The van der Waals surface area contributed by atoms with Gasteiger partial charge in [-0.3, -0.25) is 4.79 Å². The summed E-state index contributed by atoms with van der Waals surface area (Å²) in [6, 6.07) is 9.78. The summed E-state index contributed by atoms with van der Waals surface area (Å²) in [6.45, 7) is 4.13. The lowest BCUT2D eigenvalue weighted by Crippen LogP contribution is -2.38. The molecule has 1 aromatic heterocycles. The van der Waals surface area contributed by atoms with Gasteiger partial charge in [-0.2, -0.15) is 0 Å². The van der Waals surface area contributed by atoms with E-state index in [-0.39, 0.29) is 24.5 Å². The number of aliphatic hydroxyl groups excluding tert-OH is 1. The molecule has 1 amide bonds. The topological polar surface area (TPSA) is 62.2 Å². The molecule has 2 N–H and O–H groups in total. The van der Waals surface area contributed by atoms with E-state index in [0.29, 0.717) is 11.3 Å². The van der Waals surface area contributed by atoms with E-state index in [1.807, 2.05) is 44.2 Å². The number of carbonyl (C=O) groups is 1. The largest absolute Gasteiger partial charge is 0.396 e. The van der Waals surface area contributed by atoms with E-state index in [0.717, 1.165) is 10.6 Å². The standard InChI is InChI=1S/C16H20N2O2S/c1-11(2)13(8-9-19)18-15(20)14-10-17-16(21-14)12-6-4-3-5-7-12/h3-7,10-11,13,19H,8-9H2,1-2H3,(H,18,20). The van der Waals surface area contributed by atoms with Crippen LogP contribution in [0, 0.1) is 5.92 Å². The maximum absolute atomic E-state index is 12.3. The Bertz CT molecular complexity index is 581. The van der Waals surface area contributed by atoms with Crippen molar-refractivity contribution in [2.45, 2.75) is 26.3 Å². The molecular formula is C16H20N2O2S. The van der Waals surface area contributed by atoms with E-state index in [1.54, 1.807) is 6.20 Å². The molecule has 0 radical (unpaired) electrons. The Morgan fingerprint density at radius 1 is 1.33 bits per heavy atom. The maximum Gasteiger partial charge on any atom is 0.263 e. The number of nitrogens with one attached hydrogen (secondary N) is 1. The van der Waals surface area contributed by atoms with Crippen LogP contribution in [0.5, 0.6) is 0 Å². The molecule has 0 aliphatic rings. The fourth-order valence-electron chi connectivity index (χ4n) is 2.04. The van der Waals surface area contributed by atoms with Gasteiger partial charge < -0.3 is 10.4 Å². The molecule has 1 atom stereocenters. The highest BCUT2D eigenvalue weighted by atomic mass is 32.1. The Labute approximate surface area is 128 Å². The second kappa shape index (κ2) is 7.33. The van der Waals surface area contributed by atoms with E-state index in [9.17, 15) is 4.79 Å². The lowest BCUT2D eigenvalue weighted by Gasteiger charge is -2.20. The number of aromatic nitrogens is 1. The first-order valence-corrected chi connectivity index (χ1v) is 7.86. The minimum atomic E-state index is -0.123. The average Bonchev–Trinajstić information content (AvgIpc) is 2.97. The maximum atomic E-state index is 12.3. The lowest BCUT2D eigenvalue weighted by atomic mass is 10.0. The van der Waals surface area contributed by atoms with Gasteiger partial charge in [0.2, 0.25) is 0 Å². The van der Waals surface area contributed by atoms with Gasteiger partial charge in [0.15, 0.2) is 0 Å². The summed E-state index contributed by atoms with van der Waals surface area (Å²) in [4.78, 5) is 17.2. The van der Waals surface area contributed by atoms with E-state index in [1.165, 1.54) is 11.3 Å². The highest BCUT2D eigenvalue weighted by Gasteiger charge is 2.18. The van der Waals surface area contributed by atoms with Gasteiger partial charge in [0, 0.05) is 18.2 Å². The number of hydrogen-bond acceptors (Lipinski definition) is 4. The molecule has 5 heteroatoms. The van der Waals surface area contributed by atoms with Crippen molar-refractivity contribution < 1.29 is 9.90 Å². The number of amides is 1. The zero-order chi connectivity index (χ0) is 15.2. The van der Waals surface area contributed by atoms with Crippen molar-refractivity contribution in [2.75, 3.05) is 6.61 Å². The predicted octanol–water partition coefficient (Wildman–Crippen LogP) is 2.95. The van der Waals surface area contributed by atoms with Crippen LogP contribution in [0.25, 0.3) is 10.6 Å². The normalized spacial score (nSPS) is 12.4. The fourth-order valence-corrected chi connectivity index (χ4v) is 2.87. The van der Waals surface area contributed by atoms with Gasteiger partial charge in [0.1, 0.15) is 9.88 Å². The Morgan fingerprint density at radius 2 is 2.05 bits per heavy atom. The van der Waals surface area contributed by atoms with E-state index in [4.69, 9.17) is 5.11 Å². The Kier molecular flexibility index (Phi) is 5.47. The monoisotopic (exact) mass is 304 g/mol. The lowest BCUT2D eigenvalue weighted by molar-refractivity contribution is 0.0920. The summed E-state index contributed by atoms with van der Waals surface area (Å²) in [5, 5.41) is 12.9. The molecule has 21 heavy (non-hydrogen) atoms. The van der Waals surface area contributed by atoms with Crippen LogP contribution >= 0.6 is 11.3 Å². The molecule has 0 spiro atoms. The van der Waals surface area contributed by atoms with Crippen molar-refractivity contribution in [3.8, 4) is 10.6 Å². The molecule has 2 aromatic rings. The van der Waals surface area contributed by atoms with Crippen LogP contribution in [0.15, 0.2) is 36.5 Å². The number of aliphatic hydroxyl groups is 1. The second-order valence-corrected chi connectivity index (χ2v) is 6.26. The molecule has 1 aromatic carbocycles. The molecular weight excluding hydrogens is 284 g/mol. The number of benzene rings is 1. The number of rotatable bonds is 6. The zero-order valence-electron chi connectivity index (χ0n) is 12.2. The average molecular weight is 304 g/mol. The van der Waals surface area contributed by atoms with Gasteiger partial charge in [-0.25, -0.2) is 4.98 Å². The fraction of sp³-hybridized carbons (Fsp3) is 0.375. The molecule has 4 nitrogen and oxygen atoms in total. The molecule has 1 unspecified atom stereocenters. The Balaban J connectivity index is 2.08. The van der Waals surface area contributed by atoms with Gasteiger partial charge in [-0.05, 0) is 12.3 Å². The summed E-state index contributed by atoms with van der Waals surface area (Å²) in [5.41, 5.74) is 1.01.